The zero-order chi connectivity index (χ0) is 17.4. The second-order valence-electron chi connectivity index (χ2n) is 4.83. The summed E-state index contributed by atoms with van der Waals surface area (Å²) in [4.78, 5) is 24.0. The van der Waals surface area contributed by atoms with Crippen molar-refractivity contribution < 1.29 is 19.1 Å². The second kappa shape index (κ2) is 8.57. The third kappa shape index (κ3) is 5.01. The Morgan fingerprint density at radius 1 is 0.792 bits per heavy atom. The SMILES string of the molecule is CCOc1cccc(NC(=O)C(=O)Nc2cccc(OCC)c2)c1. The van der Waals surface area contributed by atoms with Crippen molar-refractivity contribution >= 4 is 23.2 Å². The van der Waals surface area contributed by atoms with E-state index in [0.29, 0.717) is 36.1 Å². The Hall–Kier alpha value is -3.02. The molecule has 6 nitrogen and oxygen atoms in total. The van der Waals surface area contributed by atoms with Crippen LogP contribution in [0.1, 0.15) is 13.8 Å². The van der Waals surface area contributed by atoms with E-state index >= 15 is 0 Å². The fourth-order valence-corrected chi connectivity index (χ4v) is 2.04. The van der Waals surface area contributed by atoms with E-state index < -0.39 is 11.8 Å². The van der Waals surface area contributed by atoms with Crippen molar-refractivity contribution in [3.8, 4) is 11.5 Å². The molecule has 0 radical (unpaired) electrons. The smallest absolute Gasteiger partial charge is 0.314 e. The van der Waals surface area contributed by atoms with E-state index in [1.165, 1.54) is 0 Å². The van der Waals surface area contributed by atoms with Crippen LogP contribution in [-0.2, 0) is 9.59 Å². The molecule has 24 heavy (non-hydrogen) atoms. The molecule has 0 fully saturated rings. The molecule has 2 N–H and O–H groups in total. The average molecular weight is 328 g/mol. The van der Waals surface area contributed by atoms with Crippen LogP contribution in [0.25, 0.3) is 0 Å². The van der Waals surface area contributed by atoms with Crippen molar-refractivity contribution in [3.05, 3.63) is 48.5 Å². The first-order valence-corrected chi connectivity index (χ1v) is 7.70. The summed E-state index contributed by atoms with van der Waals surface area (Å²) in [6.45, 7) is 4.78. The van der Waals surface area contributed by atoms with E-state index in [4.69, 9.17) is 9.47 Å². The number of rotatable bonds is 6. The Labute approximate surface area is 140 Å². The highest BCUT2D eigenvalue weighted by molar-refractivity contribution is 6.43. The maximum Gasteiger partial charge on any atom is 0.314 e. The summed E-state index contributed by atoms with van der Waals surface area (Å²) < 4.78 is 10.7. The minimum Gasteiger partial charge on any atom is -0.494 e. The molecule has 2 rings (SSSR count). The molecular formula is C18H20N2O4. The first-order valence-electron chi connectivity index (χ1n) is 7.70. The molecule has 6 heteroatoms. The van der Waals surface area contributed by atoms with Gasteiger partial charge in [0.05, 0.1) is 13.2 Å². The molecule has 0 heterocycles. The van der Waals surface area contributed by atoms with Crippen molar-refractivity contribution in [3.63, 3.8) is 0 Å². The van der Waals surface area contributed by atoms with Crippen LogP contribution in [0.2, 0.25) is 0 Å². The zero-order valence-electron chi connectivity index (χ0n) is 13.7. The number of hydrogen-bond donors (Lipinski definition) is 2. The molecule has 0 aliphatic rings. The van der Waals surface area contributed by atoms with Crippen LogP contribution >= 0.6 is 0 Å². The molecule has 2 aromatic carbocycles. The van der Waals surface area contributed by atoms with Crippen molar-refractivity contribution in [1.29, 1.82) is 0 Å². The maximum absolute atomic E-state index is 12.0. The van der Waals surface area contributed by atoms with Crippen LogP contribution in [0.3, 0.4) is 0 Å². The second-order valence-corrected chi connectivity index (χ2v) is 4.83. The van der Waals surface area contributed by atoms with Crippen LogP contribution in [0.4, 0.5) is 11.4 Å². The molecule has 126 valence electrons. The lowest BCUT2D eigenvalue weighted by Crippen LogP contribution is -2.29. The van der Waals surface area contributed by atoms with E-state index in [-0.39, 0.29) is 0 Å². The third-order valence-electron chi connectivity index (χ3n) is 3.01. The summed E-state index contributed by atoms with van der Waals surface area (Å²) in [6, 6.07) is 13.7. The molecule has 2 aromatic rings. The third-order valence-corrected chi connectivity index (χ3v) is 3.01. The van der Waals surface area contributed by atoms with Gasteiger partial charge in [0.1, 0.15) is 11.5 Å². The molecule has 0 unspecified atom stereocenters. The normalized spacial score (nSPS) is 9.92. The summed E-state index contributed by atoms with van der Waals surface area (Å²) in [6.07, 6.45) is 0. The highest BCUT2D eigenvalue weighted by Gasteiger charge is 2.14. The van der Waals surface area contributed by atoms with Gasteiger partial charge in [-0.15, -0.1) is 0 Å². The number of hydrogen-bond acceptors (Lipinski definition) is 4. The van der Waals surface area contributed by atoms with Crippen LogP contribution in [-0.4, -0.2) is 25.0 Å². The number of benzene rings is 2. The van der Waals surface area contributed by atoms with Crippen LogP contribution < -0.4 is 20.1 Å². The predicted molar refractivity (Wildman–Crippen MR) is 92.5 cm³/mol. The number of carbonyl (C=O) groups is 2. The molecule has 0 spiro atoms. The Kier molecular flexibility index (Phi) is 6.19. The molecular weight excluding hydrogens is 308 g/mol. The van der Waals surface area contributed by atoms with Gasteiger partial charge >= 0.3 is 11.8 Å². The van der Waals surface area contributed by atoms with E-state index in [1.807, 2.05) is 13.8 Å². The summed E-state index contributed by atoms with van der Waals surface area (Å²) in [5, 5.41) is 5.08. The van der Waals surface area contributed by atoms with Crippen LogP contribution in [0, 0.1) is 0 Å². The lowest BCUT2D eigenvalue weighted by molar-refractivity contribution is -0.133. The molecule has 0 aromatic heterocycles. The standard InChI is InChI=1S/C18H20N2O4/c1-3-23-15-9-5-7-13(11-15)19-17(21)18(22)20-14-8-6-10-16(12-14)24-4-2/h5-12H,3-4H2,1-2H3,(H,19,21)(H,20,22). The Balaban J connectivity index is 1.98. The lowest BCUT2D eigenvalue weighted by atomic mass is 10.3. The van der Waals surface area contributed by atoms with Gasteiger partial charge in [-0.3, -0.25) is 9.59 Å². The Bertz CT molecular complexity index is 654. The molecule has 2 amide bonds. The van der Waals surface area contributed by atoms with Gasteiger partial charge < -0.3 is 20.1 Å². The van der Waals surface area contributed by atoms with Gasteiger partial charge in [0, 0.05) is 23.5 Å². The summed E-state index contributed by atoms with van der Waals surface area (Å²) >= 11 is 0. The average Bonchev–Trinajstić information content (AvgIpc) is 2.56. The summed E-state index contributed by atoms with van der Waals surface area (Å²) in [7, 11) is 0. The highest BCUT2D eigenvalue weighted by Crippen LogP contribution is 2.19. The fraction of sp³-hybridized carbons (Fsp3) is 0.222. The van der Waals surface area contributed by atoms with Crippen LogP contribution in [0.5, 0.6) is 11.5 Å². The van der Waals surface area contributed by atoms with Crippen LogP contribution in [0.15, 0.2) is 48.5 Å². The zero-order valence-corrected chi connectivity index (χ0v) is 13.7. The first-order chi connectivity index (χ1) is 11.6. The van der Waals surface area contributed by atoms with Gasteiger partial charge in [-0.25, -0.2) is 0 Å². The number of anilines is 2. The summed E-state index contributed by atoms with van der Waals surface area (Å²) in [5.41, 5.74) is 0.980. The number of nitrogens with one attached hydrogen (secondary N) is 2. The molecule has 0 aliphatic heterocycles. The van der Waals surface area contributed by atoms with Gasteiger partial charge in [-0.1, -0.05) is 12.1 Å². The number of carbonyl (C=O) groups excluding carboxylic acids is 2. The van der Waals surface area contributed by atoms with Gasteiger partial charge in [0.25, 0.3) is 0 Å². The molecule has 0 saturated carbocycles. The van der Waals surface area contributed by atoms with Gasteiger partial charge in [-0.2, -0.15) is 0 Å². The van der Waals surface area contributed by atoms with Crippen molar-refractivity contribution in [1.82, 2.24) is 0 Å². The minimum atomic E-state index is -0.759. The predicted octanol–water partition coefficient (Wildman–Crippen LogP) is 3.06. The van der Waals surface area contributed by atoms with Gasteiger partial charge in [0.15, 0.2) is 0 Å². The monoisotopic (exact) mass is 328 g/mol. The quantitative estimate of drug-likeness (QED) is 0.799. The van der Waals surface area contributed by atoms with E-state index in [1.54, 1.807) is 48.5 Å². The van der Waals surface area contributed by atoms with E-state index in [9.17, 15) is 9.59 Å². The molecule has 0 saturated heterocycles. The van der Waals surface area contributed by atoms with E-state index in [0.717, 1.165) is 0 Å². The van der Waals surface area contributed by atoms with Gasteiger partial charge in [0.2, 0.25) is 0 Å². The molecule has 0 aliphatic carbocycles. The largest absolute Gasteiger partial charge is 0.494 e. The topological polar surface area (TPSA) is 76.7 Å². The Morgan fingerprint density at radius 3 is 1.58 bits per heavy atom. The summed E-state index contributed by atoms with van der Waals surface area (Å²) in [5.74, 6) is -0.267. The van der Waals surface area contributed by atoms with Gasteiger partial charge in [-0.05, 0) is 38.1 Å². The van der Waals surface area contributed by atoms with Crippen molar-refractivity contribution in [2.45, 2.75) is 13.8 Å². The van der Waals surface area contributed by atoms with E-state index in [2.05, 4.69) is 10.6 Å². The first kappa shape index (κ1) is 17.3. The van der Waals surface area contributed by atoms with Crippen molar-refractivity contribution in [2.75, 3.05) is 23.8 Å². The Morgan fingerprint density at radius 2 is 1.21 bits per heavy atom. The fourth-order valence-electron chi connectivity index (χ4n) is 2.04. The molecule has 0 atom stereocenters. The maximum atomic E-state index is 12.0. The number of ether oxygens (including phenoxy) is 2. The molecule has 0 bridgehead atoms. The minimum absolute atomic E-state index is 0.490. The number of amides is 2. The van der Waals surface area contributed by atoms with Crippen molar-refractivity contribution in [2.24, 2.45) is 0 Å². The lowest BCUT2D eigenvalue weighted by Gasteiger charge is -2.09. The highest BCUT2D eigenvalue weighted by atomic mass is 16.5.